The predicted molar refractivity (Wildman–Crippen MR) is 93.8 cm³/mol. The molecule has 1 heterocycles. The van der Waals surface area contributed by atoms with Gasteiger partial charge in [-0.1, -0.05) is 18.9 Å². The Morgan fingerprint density at radius 3 is 2.60 bits per heavy atom. The van der Waals surface area contributed by atoms with Crippen molar-refractivity contribution in [2.45, 2.75) is 38.1 Å². The third kappa shape index (κ3) is 4.57. The molecule has 2 fully saturated rings. The molecule has 0 bridgehead atoms. The number of nitrogens with zero attached hydrogens (tertiary/aromatic N) is 2. The van der Waals surface area contributed by atoms with Crippen LogP contribution in [-0.2, 0) is 4.79 Å². The lowest BCUT2D eigenvalue weighted by molar-refractivity contribution is -0.132. The second-order valence-corrected chi connectivity index (χ2v) is 6.83. The molecule has 1 aliphatic carbocycles. The summed E-state index contributed by atoms with van der Waals surface area (Å²) < 4.78 is 13.5. The Kier molecular flexibility index (Phi) is 6.02. The van der Waals surface area contributed by atoms with E-state index in [9.17, 15) is 14.0 Å². The fourth-order valence-electron chi connectivity index (χ4n) is 3.74. The van der Waals surface area contributed by atoms with Crippen LogP contribution in [0.15, 0.2) is 24.3 Å². The van der Waals surface area contributed by atoms with Gasteiger partial charge in [0.2, 0.25) is 5.91 Å². The number of nitrogens with one attached hydrogen (secondary N) is 1. The molecule has 0 unspecified atom stereocenters. The van der Waals surface area contributed by atoms with Crippen LogP contribution in [0.5, 0.6) is 0 Å². The fourth-order valence-corrected chi connectivity index (χ4v) is 3.74. The normalized spacial score (nSPS) is 18.4. The summed E-state index contributed by atoms with van der Waals surface area (Å²) in [7, 11) is 0. The highest BCUT2D eigenvalue weighted by Gasteiger charge is 2.28. The van der Waals surface area contributed by atoms with Gasteiger partial charge in [-0.3, -0.25) is 9.59 Å². The predicted octanol–water partition coefficient (Wildman–Crippen LogP) is 2.03. The van der Waals surface area contributed by atoms with E-state index in [1.165, 1.54) is 12.1 Å². The van der Waals surface area contributed by atoms with Crippen LogP contribution in [0.3, 0.4) is 0 Å². The van der Waals surface area contributed by atoms with Crippen molar-refractivity contribution in [2.75, 3.05) is 32.7 Å². The smallest absolute Gasteiger partial charge is 0.254 e. The molecule has 0 atom stereocenters. The first-order valence-electron chi connectivity index (χ1n) is 9.20. The fraction of sp³-hybridized carbons (Fsp3) is 0.579. The molecular formula is C19H26FN3O2. The lowest BCUT2D eigenvalue weighted by Gasteiger charge is -2.31. The van der Waals surface area contributed by atoms with E-state index in [4.69, 9.17) is 0 Å². The van der Waals surface area contributed by atoms with Crippen LogP contribution in [0.4, 0.5) is 4.39 Å². The first-order chi connectivity index (χ1) is 12.1. The minimum atomic E-state index is -0.408. The SMILES string of the molecule is O=C(CCN(C(=O)c1cccc(F)c1)C1CCCC1)N1CCNCC1. The molecule has 1 N–H and O–H groups in total. The Labute approximate surface area is 148 Å². The van der Waals surface area contributed by atoms with E-state index in [1.807, 2.05) is 4.90 Å². The summed E-state index contributed by atoms with van der Waals surface area (Å²) in [6.45, 7) is 3.49. The van der Waals surface area contributed by atoms with E-state index < -0.39 is 5.82 Å². The number of hydrogen-bond donors (Lipinski definition) is 1. The Morgan fingerprint density at radius 2 is 1.92 bits per heavy atom. The molecule has 0 radical (unpaired) electrons. The number of benzene rings is 1. The van der Waals surface area contributed by atoms with Gasteiger partial charge in [-0.2, -0.15) is 0 Å². The second kappa shape index (κ2) is 8.43. The third-order valence-electron chi connectivity index (χ3n) is 5.13. The van der Waals surface area contributed by atoms with Crippen LogP contribution in [0, 0.1) is 5.82 Å². The lowest BCUT2D eigenvalue weighted by atomic mass is 10.1. The number of carbonyl (C=O) groups is 2. The van der Waals surface area contributed by atoms with Crippen molar-refractivity contribution in [3.05, 3.63) is 35.6 Å². The molecule has 1 aromatic carbocycles. The molecule has 5 nitrogen and oxygen atoms in total. The molecule has 6 heteroatoms. The van der Waals surface area contributed by atoms with Gasteiger partial charge >= 0.3 is 0 Å². The van der Waals surface area contributed by atoms with Gasteiger partial charge in [0.15, 0.2) is 0 Å². The maximum atomic E-state index is 13.5. The number of piperazine rings is 1. The highest BCUT2D eigenvalue weighted by molar-refractivity contribution is 5.94. The summed E-state index contributed by atoms with van der Waals surface area (Å²) in [6, 6.07) is 5.98. The average Bonchev–Trinajstić information content (AvgIpc) is 3.16. The first kappa shape index (κ1) is 17.9. The summed E-state index contributed by atoms with van der Waals surface area (Å²) in [6.07, 6.45) is 4.45. The molecule has 3 rings (SSSR count). The maximum Gasteiger partial charge on any atom is 0.254 e. The molecule has 1 saturated heterocycles. The summed E-state index contributed by atoms with van der Waals surface area (Å²) in [5.41, 5.74) is 0.363. The maximum absolute atomic E-state index is 13.5. The van der Waals surface area contributed by atoms with Gasteiger partial charge in [-0.15, -0.1) is 0 Å². The van der Waals surface area contributed by atoms with Gasteiger partial charge in [0.05, 0.1) is 0 Å². The lowest BCUT2D eigenvalue weighted by Crippen LogP contribution is -2.48. The summed E-state index contributed by atoms with van der Waals surface area (Å²) >= 11 is 0. The van der Waals surface area contributed by atoms with Gasteiger partial charge in [-0.05, 0) is 31.0 Å². The van der Waals surface area contributed by atoms with Gasteiger partial charge in [0.1, 0.15) is 5.82 Å². The average molecular weight is 347 g/mol. The van der Waals surface area contributed by atoms with E-state index >= 15 is 0 Å². The standard InChI is InChI=1S/C19H26FN3O2/c20-16-5-3-4-15(14-16)19(25)23(17-6-1-2-7-17)11-8-18(24)22-12-9-21-10-13-22/h3-5,14,17,21H,1-2,6-13H2. The minimum Gasteiger partial charge on any atom is -0.340 e. The quantitative estimate of drug-likeness (QED) is 0.887. The van der Waals surface area contributed by atoms with Crippen molar-refractivity contribution in [3.8, 4) is 0 Å². The largest absolute Gasteiger partial charge is 0.340 e. The Hall–Kier alpha value is -1.95. The highest BCUT2D eigenvalue weighted by atomic mass is 19.1. The second-order valence-electron chi connectivity index (χ2n) is 6.83. The molecule has 1 aliphatic heterocycles. The van der Waals surface area contributed by atoms with Crippen LogP contribution in [0.1, 0.15) is 42.5 Å². The Bertz CT molecular complexity index is 610. The van der Waals surface area contributed by atoms with Gasteiger partial charge in [0, 0.05) is 50.7 Å². The van der Waals surface area contributed by atoms with Crippen molar-refractivity contribution in [2.24, 2.45) is 0 Å². The molecular weight excluding hydrogens is 321 g/mol. The molecule has 1 aromatic rings. The highest BCUT2D eigenvalue weighted by Crippen LogP contribution is 2.25. The van der Waals surface area contributed by atoms with Crippen molar-refractivity contribution in [1.82, 2.24) is 15.1 Å². The van der Waals surface area contributed by atoms with Crippen LogP contribution in [-0.4, -0.2) is 60.4 Å². The van der Waals surface area contributed by atoms with Crippen molar-refractivity contribution in [1.29, 1.82) is 0 Å². The van der Waals surface area contributed by atoms with Gasteiger partial charge in [0.25, 0.3) is 5.91 Å². The van der Waals surface area contributed by atoms with Crippen molar-refractivity contribution >= 4 is 11.8 Å². The molecule has 1 saturated carbocycles. The topological polar surface area (TPSA) is 52.7 Å². The zero-order valence-corrected chi connectivity index (χ0v) is 14.5. The molecule has 2 aliphatic rings. The zero-order valence-electron chi connectivity index (χ0n) is 14.5. The number of amides is 2. The molecule has 136 valence electrons. The molecule has 0 spiro atoms. The molecule has 25 heavy (non-hydrogen) atoms. The summed E-state index contributed by atoms with van der Waals surface area (Å²) in [5.74, 6) is -0.481. The number of halogens is 1. The summed E-state index contributed by atoms with van der Waals surface area (Å²) in [4.78, 5) is 29.0. The van der Waals surface area contributed by atoms with Crippen molar-refractivity contribution < 1.29 is 14.0 Å². The molecule has 0 aromatic heterocycles. The van der Waals surface area contributed by atoms with E-state index in [-0.39, 0.29) is 17.9 Å². The van der Waals surface area contributed by atoms with E-state index in [1.54, 1.807) is 17.0 Å². The number of rotatable bonds is 5. The van der Waals surface area contributed by atoms with E-state index in [0.29, 0.717) is 18.5 Å². The van der Waals surface area contributed by atoms with Crippen LogP contribution >= 0.6 is 0 Å². The van der Waals surface area contributed by atoms with E-state index in [0.717, 1.165) is 51.9 Å². The molecule has 2 amide bonds. The van der Waals surface area contributed by atoms with E-state index in [2.05, 4.69) is 5.32 Å². The first-order valence-corrected chi connectivity index (χ1v) is 9.20. The Morgan fingerprint density at radius 1 is 1.20 bits per heavy atom. The van der Waals surface area contributed by atoms with Crippen LogP contribution in [0.25, 0.3) is 0 Å². The van der Waals surface area contributed by atoms with Gasteiger partial charge in [-0.25, -0.2) is 4.39 Å². The third-order valence-corrected chi connectivity index (χ3v) is 5.13. The van der Waals surface area contributed by atoms with Crippen LogP contribution in [0.2, 0.25) is 0 Å². The number of carbonyl (C=O) groups excluding carboxylic acids is 2. The summed E-state index contributed by atoms with van der Waals surface area (Å²) in [5, 5.41) is 3.23. The number of hydrogen-bond acceptors (Lipinski definition) is 3. The van der Waals surface area contributed by atoms with Gasteiger partial charge < -0.3 is 15.1 Å². The van der Waals surface area contributed by atoms with Crippen LogP contribution < -0.4 is 5.32 Å². The Balaban J connectivity index is 1.66. The minimum absolute atomic E-state index is 0.0940. The monoisotopic (exact) mass is 347 g/mol. The zero-order chi connectivity index (χ0) is 17.6. The van der Waals surface area contributed by atoms with Crippen molar-refractivity contribution in [3.63, 3.8) is 0 Å².